The van der Waals surface area contributed by atoms with Gasteiger partial charge < -0.3 is 24.5 Å². The lowest BCUT2D eigenvalue weighted by atomic mass is 10.1. The van der Waals surface area contributed by atoms with E-state index in [9.17, 15) is 19.2 Å². The SMILES string of the molecule is CCOC(=O)c1sc(N[C@H](NC(=O)c2ccco2)C(=O)c2ccc(Cl)cc2)c(C(=O)OCC)c1C. The molecule has 11 heteroatoms. The fourth-order valence-electron chi connectivity index (χ4n) is 3.14. The highest BCUT2D eigenvalue weighted by Gasteiger charge is 2.31. The van der Waals surface area contributed by atoms with Gasteiger partial charge in [0.2, 0.25) is 5.78 Å². The van der Waals surface area contributed by atoms with Crippen LogP contribution >= 0.6 is 22.9 Å². The minimum Gasteiger partial charge on any atom is -0.462 e. The van der Waals surface area contributed by atoms with Gasteiger partial charge in [-0.15, -0.1) is 11.3 Å². The highest BCUT2D eigenvalue weighted by Crippen LogP contribution is 2.35. The molecule has 0 unspecified atom stereocenters. The number of benzene rings is 1. The van der Waals surface area contributed by atoms with Crippen LogP contribution in [0.1, 0.15) is 60.4 Å². The first-order valence-corrected chi connectivity index (χ1v) is 11.8. The first-order valence-electron chi connectivity index (χ1n) is 10.6. The number of Topliss-reactive ketones (excluding diaryl/α,β-unsaturated/α-hetero) is 1. The molecule has 2 N–H and O–H groups in total. The summed E-state index contributed by atoms with van der Waals surface area (Å²) in [5.74, 6) is -2.49. The van der Waals surface area contributed by atoms with Crippen molar-refractivity contribution in [3.05, 3.63) is 75.0 Å². The Morgan fingerprint density at radius 2 is 1.69 bits per heavy atom. The van der Waals surface area contributed by atoms with E-state index in [4.69, 9.17) is 25.5 Å². The molecule has 0 aliphatic heterocycles. The van der Waals surface area contributed by atoms with Gasteiger partial charge in [0.25, 0.3) is 5.91 Å². The van der Waals surface area contributed by atoms with E-state index in [1.165, 1.54) is 30.5 Å². The number of furan rings is 1. The molecule has 2 aromatic heterocycles. The van der Waals surface area contributed by atoms with Crippen LogP contribution in [0.15, 0.2) is 47.1 Å². The summed E-state index contributed by atoms with van der Waals surface area (Å²) in [5, 5.41) is 6.08. The lowest BCUT2D eigenvalue weighted by molar-refractivity contribution is 0.0526. The number of carbonyl (C=O) groups is 4. The van der Waals surface area contributed by atoms with E-state index in [0.29, 0.717) is 10.6 Å². The Bertz CT molecular complexity index is 1220. The highest BCUT2D eigenvalue weighted by molar-refractivity contribution is 7.18. The van der Waals surface area contributed by atoms with Crippen LogP contribution in [0.25, 0.3) is 0 Å². The Morgan fingerprint density at radius 1 is 1.03 bits per heavy atom. The Kier molecular flexibility index (Phi) is 8.67. The van der Waals surface area contributed by atoms with E-state index in [-0.39, 0.29) is 40.0 Å². The average Bonchev–Trinajstić information content (AvgIpc) is 3.47. The minimum atomic E-state index is -1.32. The van der Waals surface area contributed by atoms with Crippen LogP contribution in [0.3, 0.4) is 0 Å². The topological polar surface area (TPSA) is 124 Å². The molecule has 9 nitrogen and oxygen atoms in total. The van der Waals surface area contributed by atoms with Gasteiger partial charge in [-0.3, -0.25) is 9.59 Å². The molecular weight excluding hydrogens is 496 g/mol. The molecule has 1 amide bonds. The number of esters is 2. The molecule has 3 aromatic rings. The molecule has 3 rings (SSSR count). The first kappa shape index (κ1) is 26.0. The third-order valence-corrected chi connectivity index (χ3v) is 6.23. The van der Waals surface area contributed by atoms with Crippen molar-refractivity contribution in [2.24, 2.45) is 0 Å². The summed E-state index contributed by atoms with van der Waals surface area (Å²) >= 11 is 6.86. The van der Waals surface area contributed by atoms with Gasteiger partial charge in [0.15, 0.2) is 11.9 Å². The molecule has 0 aliphatic rings. The van der Waals surface area contributed by atoms with E-state index in [0.717, 1.165) is 11.3 Å². The lowest BCUT2D eigenvalue weighted by Crippen LogP contribution is -2.46. The maximum Gasteiger partial charge on any atom is 0.348 e. The molecular formula is C24H23ClN2O7S. The summed E-state index contributed by atoms with van der Waals surface area (Å²) in [6, 6.07) is 9.07. The molecule has 0 saturated heterocycles. The van der Waals surface area contributed by atoms with E-state index in [1.807, 2.05) is 0 Å². The number of hydrogen-bond acceptors (Lipinski definition) is 9. The Hall–Kier alpha value is -3.63. The highest BCUT2D eigenvalue weighted by atomic mass is 35.5. The number of carbonyl (C=O) groups excluding carboxylic acids is 4. The van der Waals surface area contributed by atoms with Gasteiger partial charge in [0, 0.05) is 10.6 Å². The van der Waals surface area contributed by atoms with Gasteiger partial charge in [-0.05, 0) is 62.7 Å². The summed E-state index contributed by atoms with van der Waals surface area (Å²) in [7, 11) is 0. The molecule has 0 bridgehead atoms. The van der Waals surface area contributed by atoms with Crippen LogP contribution in [-0.4, -0.2) is 43.0 Å². The van der Waals surface area contributed by atoms with E-state index in [2.05, 4.69) is 10.6 Å². The van der Waals surface area contributed by atoms with Crippen LogP contribution in [0.4, 0.5) is 5.00 Å². The number of rotatable bonds is 10. The number of anilines is 1. The molecule has 0 fully saturated rings. The summed E-state index contributed by atoms with van der Waals surface area (Å²) in [4.78, 5) is 51.4. The smallest absolute Gasteiger partial charge is 0.348 e. The number of hydrogen-bond donors (Lipinski definition) is 2. The average molecular weight is 519 g/mol. The maximum atomic E-state index is 13.3. The normalized spacial score (nSPS) is 11.4. The molecule has 2 heterocycles. The summed E-state index contributed by atoms with van der Waals surface area (Å²) in [6.45, 7) is 5.14. The van der Waals surface area contributed by atoms with Crippen LogP contribution < -0.4 is 10.6 Å². The zero-order valence-electron chi connectivity index (χ0n) is 19.2. The van der Waals surface area contributed by atoms with Crippen molar-refractivity contribution >= 4 is 51.6 Å². The third kappa shape index (κ3) is 6.09. The first-order chi connectivity index (χ1) is 16.8. The van der Waals surface area contributed by atoms with Gasteiger partial charge in [-0.25, -0.2) is 9.59 Å². The molecule has 0 saturated carbocycles. The van der Waals surface area contributed by atoms with Crippen LogP contribution in [0.5, 0.6) is 0 Å². The Morgan fingerprint density at radius 3 is 2.29 bits per heavy atom. The second-order valence-electron chi connectivity index (χ2n) is 7.10. The predicted molar refractivity (Wildman–Crippen MR) is 130 cm³/mol. The molecule has 0 spiro atoms. The van der Waals surface area contributed by atoms with Gasteiger partial charge in [-0.1, -0.05) is 11.6 Å². The van der Waals surface area contributed by atoms with Crippen molar-refractivity contribution in [3.63, 3.8) is 0 Å². The predicted octanol–water partition coefficient (Wildman–Crippen LogP) is 4.71. The Balaban J connectivity index is 2.03. The molecule has 35 heavy (non-hydrogen) atoms. The summed E-state index contributed by atoms with van der Waals surface area (Å²) in [5.41, 5.74) is 0.661. The van der Waals surface area contributed by atoms with E-state index < -0.39 is 29.8 Å². The van der Waals surface area contributed by atoms with E-state index >= 15 is 0 Å². The lowest BCUT2D eigenvalue weighted by Gasteiger charge is -2.20. The number of nitrogens with one attached hydrogen (secondary N) is 2. The van der Waals surface area contributed by atoms with Crippen molar-refractivity contribution in [1.82, 2.24) is 5.32 Å². The van der Waals surface area contributed by atoms with Crippen LogP contribution in [-0.2, 0) is 9.47 Å². The van der Waals surface area contributed by atoms with Gasteiger partial charge in [0.05, 0.1) is 25.0 Å². The van der Waals surface area contributed by atoms with Gasteiger partial charge in [-0.2, -0.15) is 0 Å². The minimum absolute atomic E-state index is 0.0131. The van der Waals surface area contributed by atoms with Crippen LogP contribution in [0, 0.1) is 6.92 Å². The molecule has 1 atom stereocenters. The second kappa shape index (κ2) is 11.7. The maximum absolute atomic E-state index is 13.3. The Labute approximate surface area is 210 Å². The largest absolute Gasteiger partial charge is 0.462 e. The number of thiophene rings is 1. The van der Waals surface area contributed by atoms with Crippen molar-refractivity contribution in [2.45, 2.75) is 26.9 Å². The van der Waals surface area contributed by atoms with Crippen molar-refractivity contribution in [3.8, 4) is 0 Å². The second-order valence-corrected chi connectivity index (χ2v) is 8.56. The fraction of sp³-hybridized carbons (Fsp3) is 0.250. The van der Waals surface area contributed by atoms with Crippen molar-refractivity contribution < 1.29 is 33.1 Å². The third-order valence-electron chi connectivity index (χ3n) is 4.77. The monoisotopic (exact) mass is 518 g/mol. The van der Waals surface area contributed by atoms with Gasteiger partial charge >= 0.3 is 11.9 Å². The van der Waals surface area contributed by atoms with Gasteiger partial charge in [0.1, 0.15) is 9.88 Å². The zero-order chi connectivity index (χ0) is 25.5. The molecule has 1 aromatic carbocycles. The number of halogens is 1. The quantitative estimate of drug-likeness (QED) is 0.225. The number of amides is 1. The zero-order valence-corrected chi connectivity index (χ0v) is 20.7. The van der Waals surface area contributed by atoms with Crippen molar-refractivity contribution in [1.29, 1.82) is 0 Å². The summed E-state index contributed by atoms with van der Waals surface area (Å²) < 4.78 is 15.4. The molecule has 184 valence electrons. The van der Waals surface area contributed by atoms with E-state index in [1.54, 1.807) is 32.9 Å². The molecule has 0 aliphatic carbocycles. The van der Waals surface area contributed by atoms with Crippen LogP contribution in [0.2, 0.25) is 5.02 Å². The molecule has 0 radical (unpaired) electrons. The fourth-order valence-corrected chi connectivity index (χ4v) is 4.39. The summed E-state index contributed by atoms with van der Waals surface area (Å²) in [6.07, 6.45) is 0.000844. The number of ether oxygens (including phenoxy) is 2. The van der Waals surface area contributed by atoms with Crippen molar-refractivity contribution in [2.75, 3.05) is 18.5 Å². The number of ketones is 1. The standard InChI is InChI=1S/C24H23ClN2O7S/c1-4-32-23(30)17-13(3)19(24(31)33-5-2)35-22(17)27-20(26-21(29)16-7-6-12-34-16)18(28)14-8-10-15(25)11-9-14/h6-12,20,27H,4-5H2,1-3H3,(H,26,29)/t20-/m0/s1.